The van der Waals surface area contributed by atoms with Crippen LogP contribution in [-0.4, -0.2) is 30.6 Å². The van der Waals surface area contributed by atoms with Crippen molar-refractivity contribution < 1.29 is 9.53 Å². The number of benzene rings is 2. The van der Waals surface area contributed by atoms with Crippen LogP contribution in [-0.2, 0) is 17.7 Å². The fraction of sp³-hybridized carbons (Fsp3) is 0.409. The third-order valence-electron chi connectivity index (χ3n) is 5.83. The van der Waals surface area contributed by atoms with E-state index in [2.05, 4.69) is 41.3 Å². The van der Waals surface area contributed by atoms with Crippen molar-refractivity contribution in [3.05, 3.63) is 70.8 Å². The summed E-state index contributed by atoms with van der Waals surface area (Å²) in [6.07, 6.45) is 4.52. The molecule has 0 N–H and O–H groups in total. The number of hydrogen-bond acceptors (Lipinski definition) is 3. The molecule has 25 heavy (non-hydrogen) atoms. The Morgan fingerprint density at radius 1 is 1.12 bits per heavy atom. The molecule has 2 aromatic carbocycles. The number of fused-ring (bicyclic) bond motifs is 3. The third-order valence-corrected chi connectivity index (χ3v) is 5.83. The number of carbonyl (C=O) groups is 1. The molecule has 1 heterocycles. The van der Waals surface area contributed by atoms with Gasteiger partial charge in [-0.2, -0.15) is 0 Å². The van der Waals surface area contributed by atoms with Crippen molar-refractivity contribution in [1.29, 1.82) is 0 Å². The standard InChI is InChI=1S/C22H25NO2/c1-25-22(24)20-10-5-9-17-18(20)12-13-21-19(17)11-6-14-23(21)15-16-7-3-2-4-8-16/h2-5,7-10,19,21H,6,11-15H2,1H3/t19-,21+/m1/s1. The van der Waals surface area contributed by atoms with Crippen LogP contribution in [0, 0.1) is 0 Å². The van der Waals surface area contributed by atoms with E-state index < -0.39 is 0 Å². The lowest BCUT2D eigenvalue weighted by Gasteiger charge is -2.45. The molecule has 0 spiro atoms. The van der Waals surface area contributed by atoms with E-state index in [1.165, 1.54) is 43.2 Å². The van der Waals surface area contributed by atoms with E-state index in [1.807, 2.05) is 12.1 Å². The molecule has 1 aliphatic carbocycles. The van der Waals surface area contributed by atoms with Crippen molar-refractivity contribution in [3.8, 4) is 0 Å². The van der Waals surface area contributed by atoms with E-state index in [9.17, 15) is 4.79 Å². The highest BCUT2D eigenvalue weighted by Crippen LogP contribution is 2.42. The summed E-state index contributed by atoms with van der Waals surface area (Å²) in [5, 5.41) is 0. The number of carbonyl (C=O) groups excluding carboxylic acids is 1. The van der Waals surface area contributed by atoms with Crippen LogP contribution in [0.1, 0.15) is 52.2 Å². The molecular formula is C22H25NO2. The monoisotopic (exact) mass is 335 g/mol. The van der Waals surface area contributed by atoms with Crippen LogP contribution in [0.2, 0.25) is 0 Å². The Morgan fingerprint density at radius 3 is 2.76 bits per heavy atom. The number of methoxy groups -OCH3 is 1. The molecule has 2 atom stereocenters. The SMILES string of the molecule is COC(=O)c1cccc2c1CC[C@H]1[C@@H]2CCCN1Cc1ccccc1. The maximum atomic E-state index is 12.1. The molecule has 0 amide bonds. The van der Waals surface area contributed by atoms with Crippen LogP contribution >= 0.6 is 0 Å². The first-order chi connectivity index (χ1) is 12.3. The molecule has 0 bridgehead atoms. The van der Waals surface area contributed by atoms with Gasteiger partial charge in [0.25, 0.3) is 0 Å². The number of rotatable bonds is 3. The van der Waals surface area contributed by atoms with E-state index in [4.69, 9.17) is 4.74 Å². The molecule has 0 saturated carbocycles. The zero-order valence-electron chi connectivity index (χ0n) is 14.8. The number of piperidine rings is 1. The average molecular weight is 335 g/mol. The van der Waals surface area contributed by atoms with Gasteiger partial charge in [-0.1, -0.05) is 42.5 Å². The van der Waals surface area contributed by atoms with Crippen LogP contribution in [0.3, 0.4) is 0 Å². The summed E-state index contributed by atoms with van der Waals surface area (Å²) in [7, 11) is 1.47. The van der Waals surface area contributed by atoms with Crippen molar-refractivity contribution in [3.63, 3.8) is 0 Å². The highest BCUT2D eigenvalue weighted by atomic mass is 16.5. The summed E-state index contributed by atoms with van der Waals surface area (Å²) < 4.78 is 4.99. The van der Waals surface area contributed by atoms with Gasteiger partial charge >= 0.3 is 5.97 Å². The zero-order chi connectivity index (χ0) is 17.2. The predicted molar refractivity (Wildman–Crippen MR) is 98.7 cm³/mol. The minimum atomic E-state index is -0.202. The molecule has 0 radical (unpaired) electrons. The second-order valence-electron chi connectivity index (χ2n) is 7.18. The second-order valence-corrected chi connectivity index (χ2v) is 7.18. The first kappa shape index (κ1) is 16.3. The molecule has 2 aliphatic rings. The summed E-state index contributed by atoms with van der Waals surface area (Å²) in [6.45, 7) is 2.19. The Morgan fingerprint density at radius 2 is 1.96 bits per heavy atom. The average Bonchev–Trinajstić information content (AvgIpc) is 2.67. The Kier molecular flexibility index (Phi) is 4.58. The number of likely N-dealkylation sites (tertiary alicyclic amines) is 1. The van der Waals surface area contributed by atoms with Gasteiger partial charge in [0.05, 0.1) is 12.7 Å². The van der Waals surface area contributed by atoms with Gasteiger partial charge < -0.3 is 4.74 Å². The number of hydrogen-bond donors (Lipinski definition) is 0. The maximum absolute atomic E-state index is 12.1. The fourth-order valence-corrected chi connectivity index (χ4v) is 4.71. The van der Waals surface area contributed by atoms with Gasteiger partial charge in [-0.3, -0.25) is 4.90 Å². The molecular weight excluding hydrogens is 310 g/mol. The van der Waals surface area contributed by atoms with Crippen molar-refractivity contribution >= 4 is 5.97 Å². The van der Waals surface area contributed by atoms with E-state index in [1.54, 1.807) is 0 Å². The molecule has 0 aromatic heterocycles. The van der Waals surface area contributed by atoms with Crippen LogP contribution in [0.5, 0.6) is 0 Å². The topological polar surface area (TPSA) is 29.5 Å². The van der Waals surface area contributed by atoms with Gasteiger partial charge in [-0.15, -0.1) is 0 Å². The van der Waals surface area contributed by atoms with E-state index in [-0.39, 0.29) is 5.97 Å². The molecule has 3 heteroatoms. The predicted octanol–water partition coefficient (Wildman–Crippen LogP) is 4.17. The Labute approximate surface area is 149 Å². The quantitative estimate of drug-likeness (QED) is 0.789. The lowest BCUT2D eigenvalue weighted by atomic mass is 9.73. The summed E-state index contributed by atoms with van der Waals surface area (Å²) in [4.78, 5) is 14.8. The van der Waals surface area contributed by atoms with Crippen molar-refractivity contribution in [2.75, 3.05) is 13.7 Å². The molecule has 1 saturated heterocycles. The molecule has 1 aliphatic heterocycles. The largest absolute Gasteiger partial charge is 0.465 e. The summed E-state index contributed by atoms with van der Waals surface area (Å²) >= 11 is 0. The third kappa shape index (κ3) is 3.09. The van der Waals surface area contributed by atoms with Gasteiger partial charge in [-0.25, -0.2) is 4.79 Å². The highest BCUT2D eigenvalue weighted by molar-refractivity contribution is 5.91. The number of esters is 1. The van der Waals surface area contributed by atoms with Crippen molar-refractivity contribution in [1.82, 2.24) is 4.90 Å². The Hall–Kier alpha value is -2.13. The lowest BCUT2D eigenvalue weighted by Crippen LogP contribution is -2.46. The summed E-state index contributed by atoms with van der Waals surface area (Å²) in [6, 6.07) is 17.5. The minimum Gasteiger partial charge on any atom is -0.465 e. The van der Waals surface area contributed by atoms with Crippen LogP contribution in [0.15, 0.2) is 48.5 Å². The first-order valence-corrected chi connectivity index (χ1v) is 9.26. The summed E-state index contributed by atoms with van der Waals surface area (Å²) in [5.74, 6) is 0.332. The van der Waals surface area contributed by atoms with Gasteiger partial charge in [0.1, 0.15) is 0 Å². The minimum absolute atomic E-state index is 0.202. The van der Waals surface area contributed by atoms with Crippen LogP contribution < -0.4 is 0 Å². The fourth-order valence-electron chi connectivity index (χ4n) is 4.71. The Bertz CT molecular complexity index is 756. The number of nitrogens with zero attached hydrogens (tertiary/aromatic N) is 1. The molecule has 1 fully saturated rings. The smallest absolute Gasteiger partial charge is 0.338 e. The molecule has 0 unspecified atom stereocenters. The maximum Gasteiger partial charge on any atom is 0.338 e. The molecule has 3 nitrogen and oxygen atoms in total. The van der Waals surface area contributed by atoms with Crippen molar-refractivity contribution in [2.24, 2.45) is 0 Å². The lowest BCUT2D eigenvalue weighted by molar-refractivity contribution is 0.0596. The van der Waals surface area contributed by atoms with E-state index in [0.29, 0.717) is 12.0 Å². The van der Waals surface area contributed by atoms with Gasteiger partial charge in [0.15, 0.2) is 0 Å². The van der Waals surface area contributed by atoms with Gasteiger partial charge in [-0.05, 0) is 60.9 Å². The molecule has 130 valence electrons. The first-order valence-electron chi connectivity index (χ1n) is 9.26. The Balaban J connectivity index is 1.62. The molecule has 2 aromatic rings. The van der Waals surface area contributed by atoms with Crippen molar-refractivity contribution in [2.45, 2.75) is 44.2 Å². The highest BCUT2D eigenvalue weighted by Gasteiger charge is 2.37. The second kappa shape index (κ2) is 7.01. The van der Waals surface area contributed by atoms with Gasteiger partial charge in [0, 0.05) is 12.6 Å². The normalized spacial score (nSPS) is 22.8. The van der Waals surface area contributed by atoms with E-state index >= 15 is 0 Å². The zero-order valence-corrected chi connectivity index (χ0v) is 14.8. The van der Waals surface area contributed by atoms with Gasteiger partial charge in [0.2, 0.25) is 0 Å². The number of ether oxygens (including phenoxy) is 1. The summed E-state index contributed by atoms with van der Waals surface area (Å²) in [5.41, 5.74) is 4.74. The van der Waals surface area contributed by atoms with E-state index in [0.717, 1.165) is 24.9 Å². The molecule has 4 rings (SSSR count). The van der Waals surface area contributed by atoms with Crippen LogP contribution in [0.25, 0.3) is 0 Å². The van der Waals surface area contributed by atoms with Crippen LogP contribution in [0.4, 0.5) is 0 Å².